The predicted octanol–water partition coefficient (Wildman–Crippen LogP) is 0.699. The Morgan fingerprint density at radius 3 is 2.73 bits per heavy atom. The van der Waals surface area contributed by atoms with Crippen molar-refractivity contribution >= 4 is 36.6 Å². The molecule has 1 aromatic rings. The van der Waals surface area contributed by atoms with Gasteiger partial charge in [-0.15, -0.1) is 24.8 Å². The van der Waals surface area contributed by atoms with Crippen LogP contribution in [0.2, 0.25) is 0 Å². The van der Waals surface area contributed by atoms with Crippen LogP contribution in [0.15, 0.2) is 11.5 Å². The molecule has 3 N–H and O–H groups in total. The molecule has 1 rings (SSSR count). The van der Waals surface area contributed by atoms with Crippen LogP contribution in [0.3, 0.4) is 0 Å². The zero-order chi connectivity index (χ0) is 6.53. The molecule has 7 heteroatoms. The molecular formula is C4H10Cl2N4S. The van der Waals surface area contributed by atoms with E-state index in [4.69, 9.17) is 5.73 Å². The maximum Gasteiger partial charge on any atom is 0.183 e. The highest BCUT2D eigenvalue weighted by atomic mass is 35.5. The molecule has 0 saturated heterocycles. The van der Waals surface area contributed by atoms with Gasteiger partial charge in [0.15, 0.2) is 5.16 Å². The summed E-state index contributed by atoms with van der Waals surface area (Å²) >= 11 is 1.57. The summed E-state index contributed by atoms with van der Waals surface area (Å²) in [5.74, 6) is 0.884. The maximum absolute atomic E-state index is 5.26. The van der Waals surface area contributed by atoms with E-state index < -0.39 is 0 Å². The molecule has 0 radical (unpaired) electrons. The molecule has 0 aliphatic heterocycles. The van der Waals surface area contributed by atoms with Crippen molar-refractivity contribution < 1.29 is 0 Å². The summed E-state index contributed by atoms with van der Waals surface area (Å²) in [6, 6.07) is 0. The number of hydrogen-bond donors (Lipinski definition) is 2. The number of nitrogens with one attached hydrogen (secondary N) is 1. The number of H-pyrrole nitrogens is 1. The Bertz CT molecular complexity index is 157. The van der Waals surface area contributed by atoms with Crippen LogP contribution in [-0.2, 0) is 0 Å². The normalized spacial score (nSPS) is 8.09. The standard InChI is InChI=1S/C4H8N4S.2ClH/c5-1-2-9-4-6-3-7-8-4;;/h3H,1-2,5H2,(H,6,7,8);2*1H. The summed E-state index contributed by atoms with van der Waals surface area (Å²) in [7, 11) is 0. The van der Waals surface area contributed by atoms with Crippen molar-refractivity contribution in [2.45, 2.75) is 5.16 Å². The van der Waals surface area contributed by atoms with Gasteiger partial charge in [0.1, 0.15) is 6.33 Å². The van der Waals surface area contributed by atoms with E-state index in [0.29, 0.717) is 6.54 Å². The molecule has 0 fully saturated rings. The monoisotopic (exact) mass is 216 g/mol. The van der Waals surface area contributed by atoms with E-state index in [2.05, 4.69) is 15.2 Å². The third-order valence-corrected chi connectivity index (χ3v) is 1.66. The predicted molar refractivity (Wildman–Crippen MR) is 50.7 cm³/mol. The summed E-state index contributed by atoms with van der Waals surface area (Å²) in [6.07, 6.45) is 1.48. The number of hydrogen-bond acceptors (Lipinski definition) is 4. The van der Waals surface area contributed by atoms with Gasteiger partial charge < -0.3 is 5.73 Å². The second-order valence-electron chi connectivity index (χ2n) is 1.43. The topological polar surface area (TPSA) is 67.6 Å². The smallest absolute Gasteiger partial charge is 0.183 e. The van der Waals surface area contributed by atoms with E-state index >= 15 is 0 Å². The minimum atomic E-state index is 0. The minimum absolute atomic E-state index is 0. The van der Waals surface area contributed by atoms with Gasteiger partial charge in [0.25, 0.3) is 0 Å². The Morgan fingerprint density at radius 2 is 2.27 bits per heavy atom. The fourth-order valence-corrected chi connectivity index (χ4v) is 0.970. The van der Waals surface area contributed by atoms with E-state index in [1.165, 1.54) is 6.33 Å². The first-order valence-corrected chi connectivity index (χ1v) is 3.60. The van der Waals surface area contributed by atoms with Crippen LogP contribution in [-0.4, -0.2) is 27.5 Å². The third kappa shape index (κ3) is 5.32. The third-order valence-electron chi connectivity index (χ3n) is 0.750. The van der Waals surface area contributed by atoms with Gasteiger partial charge in [-0.2, -0.15) is 5.10 Å². The average molecular weight is 217 g/mol. The molecule has 0 saturated carbocycles. The van der Waals surface area contributed by atoms with Crippen molar-refractivity contribution in [3.63, 3.8) is 0 Å². The van der Waals surface area contributed by atoms with Gasteiger partial charge in [-0.3, -0.25) is 5.10 Å². The Hall–Kier alpha value is 0.0300. The van der Waals surface area contributed by atoms with Gasteiger partial charge in [-0.25, -0.2) is 4.98 Å². The molecule has 66 valence electrons. The van der Waals surface area contributed by atoms with Crippen molar-refractivity contribution in [1.29, 1.82) is 0 Å². The summed E-state index contributed by atoms with van der Waals surface area (Å²) in [5.41, 5.74) is 5.26. The van der Waals surface area contributed by atoms with Crippen LogP contribution in [0.4, 0.5) is 0 Å². The van der Waals surface area contributed by atoms with E-state index in [1.807, 2.05) is 0 Å². The molecule has 0 spiro atoms. The molecule has 1 aromatic heterocycles. The Morgan fingerprint density at radius 1 is 1.55 bits per heavy atom. The summed E-state index contributed by atoms with van der Waals surface area (Å²) < 4.78 is 0. The number of rotatable bonds is 3. The first-order valence-electron chi connectivity index (χ1n) is 2.61. The van der Waals surface area contributed by atoms with Crippen LogP contribution >= 0.6 is 36.6 Å². The largest absolute Gasteiger partial charge is 0.330 e. The van der Waals surface area contributed by atoms with E-state index in [1.54, 1.807) is 11.8 Å². The lowest BCUT2D eigenvalue weighted by Gasteiger charge is -1.89. The van der Waals surface area contributed by atoms with Gasteiger partial charge in [-0.1, -0.05) is 11.8 Å². The van der Waals surface area contributed by atoms with Crippen LogP contribution in [0, 0.1) is 0 Å². The van der Waals surface area contributed by atoms with Gasteiger partial charge in [0.2, 0.25) is 0 Å². The van der Waals surface area contributed by atoms with Crippen molar-refractivity contribution in [2.75, 3.05) is 12.3 Å². The van der Waals surface area contributed by atoms with Crippen molar-refractivity contribution in [2.24, 2.45) is 5.73 Å². The number of aromatic nitrogens is 3. The summed E-state index contributed by atoms with van der Waals surface area (Å²) in [5, 5.41) is 7.23. The fourth-order valence-electron chi connectivity index (χ4n) is 0.419. The van der Waals surface area contributed by atoms with Crippen molar-refractivity contribution in [3.05, 3.63) is 6.33 Å². The first-order chi connectivity index (χ1) is 4.43. The van der Waals surface area contributed by atoms with Crippen LogP contribution in [0.1, 0.15) is 0 Å². The molecule has 0 aliphatic rings. The van der Waals surface area contributed by atoms with Crippen molar-refractivity contribution in [1.82, 2.24) is 15.2 Å². The molecule has 0 atom stereocenters. The first kappa shape index (κ1) is 13.6. The quantitative estimate of drug-likeness (QED) is 0.731. The Labute approximate surface area is 81.5 Å². The molecule has 11 heavy (non-hydrogen) atoms. The molecule has 0 amide bonds. The highest BCUT2D eigenvalue weighted by molar-refractivity contribution is 7.99. The summed E-state index contributed by atoms with van der Waals surface area (Å²) in [6.45, 7) is 0.672. The molecule has 0 aromatic carbocycles. The lowest BCUT2D eigenvalue weighted by molar-refractivity contribution is 0.971. The Balaban J connectivity index is 0. The number of halogens is 2. The highest BCUT2D eigenvalue weighted by Crippen LogP contribution is 2.07. The van der Waals surface area contributed by atoms with Gasteiger partial charge in [0, 0.05) is 12.3 Å². The molecule has 4 nitrogen and oxygen atoms in total. The SMILES string of the molecule is Cl.Cl.NCCSc1ncn[nH]1. The van der Waals surface area contributed by atoms with Gasteiger partial charge in [-0.05, 0) is 0 Å². The number of nitrogens with two attached hydrogens (primary N) is 1. The molecule has 1 heterocycles. The van der Waals surface area contributed by atoms with Gasteiger partial charge >= 0.3 is 0 Å². The van der Waals surface area contributed by atoms with Gasteiger partial charge in [0.05, 0.1) is 0 Å². The zero-order valence-corrected chi connectivity index (χ0v) is 8.14. The number of nitrogens with zero attached hydrogens (tertiary/aromatic N) is 2. The lowest BCUT2D eigenvalue weighted by Crippen LogP contribution is -2.01. The molecule has 0 aliphatic carbocycles. The van der Waals surface area contributed by atoms with E-state index in [0.717, 1.165) is 10.9 Å². The van der Waals surface area contributed by atoms with E-state index in [-0.39, 0.29) is 24.8 Å². The second kappa shape index (κ2) is 8.13. The van der Waals surface area contributed by atoms with Crippen molar-refractivity contribution in [3.8, 4) is 0 Å². The number of aromatic amines is 1. The molecule has 0 bridgehead atoms. The highest BCUT2D eigenvalue weighted by Gasteiger charge is 1.91. The second-order valence-corrected chi connectivity index (χ2v) is 2.51. The van der Waals surface area contributed by atoms with Crippen LogP contribution < -0.4 is 5.73 Å². The summed E-state index contributed by atoms with van der Waals surface area (Å²) in [4.78, 5) is 3.89. The average Bonchev–Trinajstić information content (AvgIpc) is 2.34. The minimum Gasteiger partial charge on any atom is -0.330 e. The maximum atomic E-state index is 5.26. The zero-order valence-electron chi connectivity index (χ0n) is 5.69. The Kier molecular flexibility index (Phi) is 10.1. The fraction of sp³-hybridized carbons (Fsp3) is 0.500. The lowest BCUT2D eigenvalue weighted by atomic mass is 10.8. The number of thioether (sulfide) groups is 1. The molecular weight excluding hydrogens is 207 g/mol. The molecule has 0 unspecified atom stereocenters. The van der Waals surface area contributed by atoms with E-state index in [9.17, 15) is 0 Å². The van der Waals surface area contributed by atoms with Crippen LogP contribution in [0.25, 0.3) is 0 Å². The van der Waals surface area contributed by atoms with Crippen LogP contribution in [0.5, 0.6) is 0 Å².